The molecule has 645 valence electrons. The first-order valence-corrected chi connectivity index (χ1v) is 33.5. The molecule has 121 heavy (non-hydrogen) atoms. The van der Waals surface area contributed by atoms with E-state index in [1.807, 2.05) is 154 Å². The standard InChI is InChI=1S/C14H10F2N3.C14H12N3.C13H6F6N.C13H11F2N2.C12H8F2N.C11H6F2N.C10H10N2.7Ir/c1-17-14-11(15)5-4-10(13(14)16)12-8-9(19(2)3)6-7-18-12;1-15-12-6-4-5-11(9-12)14-10-13(17(2)3)7-8-16-14;14-12(15,16)9-5-8(11-3-1-2-4-20-11)6-10(7-9)13(17,18)19;1-17(2)10-4-6-13(16-8-10)11-5-3-9(14)7-12(11)15;1-8-3-2-6-15-12(8)10-5-4-9(13)7-11(10)14;12-8-4-5-9(10(13)7-8)11-3-1-2-6-14-11;1-11-7-8-12(9-11)10-5-3-2-4-6-10;;;;;;;/h5-8H,2-3H3;4,6-10H,2-3H3;1-5,7H;3-4,6-8H,1-2H3;2-4,6-7H,1H3;1-4,6-7H;2-5,7-9H,1H3;;;;;;;/q6*-1;-2;;;;;;;. The van der Waals surface area contributed by atoms with Crippen molar-refractivity contribution in [1.82, 2.24) is 34.8 Å². The Bertz CT molecular complexity index is 5450. The summed E-state index contributed by atoms with van der Waals surface area (Å²) >= 11 is 0. The van der Waals surface area contributed by atoms with Crippen molar-refractivity contribution < 1.29 is 202 Å². The van der Waals surface area contributed by atoms with Crippen molar-refractivity contribution in [2.75, 3.05) is 68.9 Å². The number of para-hydroxylation sites is 1. The van der Waals surface area contributed by atoms with Crippen LogP contribution in [0.4, 0.5) is 95.6 Å². The van der Waals surface area contributed by atoms with Crippen LogP contribution in [0.2, 0.25) is 0 Å². The summed E-state index contributed by atoms with van der Waals surface area (Å²) in [7, 11) is 13.4. The van der Waals surface area contributed by atoms with Gasteiger partial charge in [-0.15, -0.1) is 107 Å². The number of pyridine rings is 6. The van der Waals surface area contributed by atoms with Crippen LogP contribution in [0.3, 0.4) is 0 Å². The Hall–Kier alpha value is -9.27. The molecule has 7 heterocycles. The van der Waals surface area contributed by atoms with E-state index in [1.165, 1.54) is 30.6 Å². The molecule has 0 unspecified atom stereocenters. The normalized spacial score (nSPS) is 10.5. The number of anilines is 4. The third kappa shape index (κ3) is 33.1. The Balaban J connectivity index is 0.000000702. The fraction of sp³-hybridized carbons (Fsp3) is 0.115. The van der Waals surface area contributed by atoms with Crippen LogP contribution in [-0.4, -0.2) is 84.1 Å². The van der Waals surface area contributed by atoms with Gasteiger partial charge in [0.25, 0.3) is 0 Å². The first-order valence-electron chi connectivity index (χ1n) is 33.5. The average Bonchev–Trinajstić information content (AvgIpc) is 1.24. The smallest absolute Gasteiger partial charge is 0.399 e. The Morgan fingerprint density at radius 2 is 0.926 bits per heavy atom. The van der Waals surface area contributed by atoms with Gasteiger partial charge in [-0.3, -0.25) is 44.8 Å². The van der Waals surface area contributed by atoms with Crippen LogP contribution in [0.5, 0.6) is 0 Å². The number of rotatable bonds is 10. The summed E-state index contributed by atoms with van der Waals surface area (Å²) in [6, 6.07) is 62.6. The molecule has 0 saturated carbocycles. The monoisotopic (exact) mass is 2910 g/mol. The van der Waals surface area contributed by atoms with Crippen molar-refractivity contribution in [3.63, 3.8) is 0 Å². The van der Waals surface area contributed by atoms with Crippen LogP contribution in [0.25, 0.3) is 77.2 Å². The molecular formula is C87H63F14Ir7N13-8. The number of hydrogen-bond donors (Lipinski definition) is 0. The first kappa shape index (κ1) is 110. The van der Waals surface area contributed by atoms with Crippen LogP contribution in [-0.2, 0) is 153 Å². The molecule has 0 aliphatic carbocycles. The fourth-order valence-electron chi connectivity index (χ4n) is 9.78. The van der Waals surface area contributed by atoms with E-state index in [0.717, 1.165) is 82.0 Å². The average molecular weight is 2900 g/mol. The fourth-order valence-corrected chi connectivity index (χ4v) is 9.78. The summed E-state index contributed by atoms with van der Waals surface area (Å²) in [6.07, 6.45) is 3.53. The van der Waals surface area contributed by atoms with Gasteiger partial charge in [-0.25, -0.2) is 0 Å². The number of aryl methyl sites for hydroxylation is 1. The van der Waals surface area contributed by atoms with E-state index in [1.54, 1.807) is 85.5 Å². The van der Waals surface area contributed by atoms with E-state index >= 15 is 0 Å². The summed E-state index contributed by atoms with van der Waals surface area (Å²) in [5, 5.41) is 0. The van der Waals surface area contributed by atoms with E-state index < -0.39 is 75.7 Å². The SMILES string of the molecule is CN(C)c1ccc(-c2[c-]cc(F)cc2F)nc1.CN1C=CN(c2[c-]cccc2)[CH-]1.Cc1cccnc1-c1[c-]cc(F)cc1F.FC(F)(F)c1[c-]c(-c2ccccn2)cc(C(F)(F)F)c1.Fc1c[c-]c(-c2ccccn2)c(F)c1.[C-]#[N+]c1c(F)c[c-]c(-c2cc(N(C)C)ccn2)c1F.[C-]#[N+]c1cc[c-]c(-c2cc(N(C)C)ccn2)c1.[Ir].[Ir].[Ir].[Ir].[Ir].[Ir].[Ir]. The molecule has 7 aromatic carbocycles. The molecule has 0 N–H and O–H groups in total. The van der Waals surface area contributed by atoms with Gasteiger partial charge in [0.2, 0.25) is 0 Å². The zero-order valence-corrected chi connectivity index (χ0v) is 80.7. The van der Waals surface area contributed by atoms with Crippen molar-refractivity contribution in [2.24, 2.45) is 0 Å². The van der Waals surface area contributed by atoms with E-state index in [4.69, 9.17) is 13.1 Å². The van der Waals surface area contributed by atoms with E-state index in [0.29, 0.717) is 34.5 Å². The van der Waals surface area contributed by atoms with Crippen LogP contribution >= 0.6 is 0 Å². The quantitative estimate of drug-likeness (QED) is 0.0966. The first-order chi connectivity index (χ1) is 54.3. The van der Waals surface area contributed by atoms with Gasteiger partial charge >= 0.3 is 12.4 Å². The molecule has 0 fully saturated rings. The Morgan fingerprint density at radius 1 is 0.413 bits per heavy atom. The molecular weight excluding hydrogens is 2840 g/mol. The van der Waals surface area contributed by atoms with Gasteiger partial charge in [0.15, 0.2) is 5.69 Å². The third-order valence-electron chi connectivity index (χ3n) is 15.5. The zero-order valence-electron chi connectivity index (χ0n) is 64.0. The molecule has 34 heteroatoms. The van der Waals surface area contributed by atoms with Gasteiger partial charge in [-0.1, -0.05) is 89.0 Å². The Labute approximate surface area is 786 Å². The Kier molecular flexibility index (Phi) is 48.0. The van der Waals surface area contributed by atoms with Gasteiger partial charge in [-0.2, -0.15) is 69.4 Å². The summed E-state index contributed by atoms with van der Waals surface area (Å²) in [4.78, 5) is 40.2. The molecule has 7 radical (unpaired) electrons. The second-order valence-corrected chi connectivity index (χ2v) is 24.4. The molecule has 0 spiro atoms. The number of nitrogens with zero attached hydrogens (tertiary/aromatic N) is 13. The van der Waals surface area contributed by atoms with Gasteiger partial charge < -0.3 is 54.4 Å². The predicted molar refractivity (Wildman–Crippen MR) is 410 cm³/mol. The molecule has 1 aliphatic rings. The number of benzene rings is 7. The minimum atomic E-state index is -4.91. The molecule has 0 atom stereocenters. The van der Waals surface area contributed by atoms with E-state index in [-0.39, 0.29) is 180 Å². The second kappa shape index (κ2) is 52.9. The van der Waals surface area contributed by atoms with Crippen LogP contribution in [0, 0.1) is 116 Å². The van der Waals surface area contributed by atoms with Crippen LogP contribution in [0.1, 0.15) is 16.7 Å². The van der Waals surface area contributed by atoms with Crippen molar-refractivity contribution in [2.45, 2.75) is 19.3 Å². The van der Waals surface area contributed by atoms with Crippen molar-refractivity contribution >= 4 is 34.1 Å². The van der Waals surface area contributed by atoms with Crippen LogP contribution < -0.4 is 19.6 Å². The zero-order chi connectivity index (χ0) is 82.8. The molecule has 0 saturated heterocycles. The molecule has 6 aromatic heterocycles. The molecule has 0 bridgehead atoms. The summed E-state index contributed by atoms with van der Waals surface area (Å²) in [6.45, 7) is 17.6. The summed E-state index contributed by atoms with van der Waals surface area (Å²) in [5.41, 5.74) is 5.41. The maximum Gasteiger partial charge on any atom is 0.399 e. The van der Waals surface area contributed by atoms with E-state index in [2.05, 4.69) is 76.0 Å². The van der Waals surface area contributed by atoms with Gasteiger partial charge in [0.05, 0.1) is 18.8 Å². The number of alkyl halides is 6. The number of hydrogen-bond acceptors (Lipinski definition) is 11. The van der Waals surface area contributed by atoms with Crippen molar-refractivity contribution in [1.29, 1.82) is 0 Å². The summed E-state index contributed by atoms with van der Waals surface area (Å²) < 4.78 is 181. The Morgan fingerprint density at radius 3 is 1.39 bits per heavy atom. The molecule has 13 aromatic rings. The van der Waals surface area contributed by atoms with E-state index in [9.17, 15) is 61.5 Å². The maximum atomic E-state index is 14.0. The third-order valence-corrected chi connectivity index (χ3v) is 15.5. The summed E-state index contributed by atoms with van der Waals surface area (Å²) in [5.74, 6) is -5.71. The molecule has 13 nitrogen and oxygen atoms in total. The molecule has 1 aliphatic heterocycles. The molecule has 14 rings (SSSR count). The second-order valence-electron chi connectivity index (χ2n) is 24.4. The van der Waals surface area contributed by atoms with Crippen molar-refractivity contribution in [3.8, 4) is 67.5 Å². The van der Waals surface area contributed by atoms with Crippen LogP contribution in [0.15, 0.2) is 232 Å². The maximum absolute atomic E-state index is 14.0. The predicted octanol–water partition coefficient (Wildman–Crippen LogP) is 21.9. The largest absolute Gasteiger partial charge is 0.510 e. The minimum Gasteiger partial charge on any atom is -0.510 e. The minimum absolute atomic E-state index is 0. The van der Waals surface area contributed by atoms with Crippen molar-refractivity contribution in [3.05, 3.63) is 367 Å². The number of halogens is 14. The van der Waals surface area contributed by atoms with Gasteiger partial charge in [0.1, 0.15) is 5.69 Å². The number of aromatic nitrogens is 6. The van der Waals surface area contributed by atoms with Gasteiger partial charge in [0, 0.05) is 278 Å². The topological polar surface area (TPSA) is 102 Å². The van der Waals surface area contributed by atoms with Gasteiger partial charge in [-0.05, 0) is 108 Å². The molecule has 0 amide bonds.